The molecule has 1 N–H and O–H groups in total. The van der Waals surface area contributed by atoms with Crippen molar-refractivity contribution in [3.05, 3.63) is 0 Å². The third-order valence-electron chi connectivity index (χ3n) is 1.14. The van der Waals surface area contributed by atoms with E-state index in [0.717, 1.165) is 13.2 Å². The van der Waals surface area contributed by atoms with E-state index in [4.69, 9.17) is 9.63 Å². The molecule has 1 aliphatic rings. The third kappa shape index (κ3) is 8.17. The van der Waals surface area contributed by atoms with Gasteiger partial charge in [0.05, 0.1) is 0 Å². The molecule has 0 aromatic heterocycles. The summed E-state index contributed by atoms with van der Waals surface area (Å²) in [5, 5.41) is 0. The summed E-state index contributed by atoms with van der Waals surface area (Å²) < 4.78 is 13.5. The molecule has 0 aliphatic carbocycles. The fraction of sp³-hybridized carbons (Fsp3) is 1.00. The standard InChI is InChI=1S/C4H8O.C2H7O3P/c1-2-4-5-3-1;1-4-6(3)5-2/h1-4H2;3H,1-2H3. The number of rotatable bonds is 2. The first-order chi connectivity index (χ1) is 5.31. The van der Waals surface area contributed by atoms with E-state index in [-0.39, 0.29) is 0 Å². The molecule has 1 aliphatic heterocycles. The lowest BCUT2D eigenvalue weighted by Gasteiger charge is -1.98. The van der Waals surface area contributed by atoms with Crippen LogP contribution in [0.2, 0.25) is 0 Å². The SMILES string of the molecule is C1CCOC1.COP(O)OC. The first-order valence-electron chi connectivity index (χ1n) is 3.46. The summed E-state index contributed by atoms with van der Waals surface area (Å²) in [6, 6.07) is 0. The van der Waals surface area contributed by atoms with E-state index in [0.29, 0.717) is 0 Å². The fourth-order valence-corrected chi connectivity index (χ4v) is 0.734. The molecule has 1 fully saturated rings. The Labute approximate surface area is 68.5 Å². The Morgan fingerprint density at radius 3 is 1.73 bits per heavy atom. The zero-order chi connectivity index (χ0) is 8.53. The zero-order valence-corrected chi connectivity index (χ0v) is 7.84. The van der Waals surface area contributed by atoms with Crippen molar-refractivity contribution in [3.63, 3.8) is 0 Å². The average Bonchev–Trinajstić information content (AvgIpc) is 2.60. The summed E-state index contributed by atoms with van der Waals surface area (Å²) in [4.78, 5) is 8.29. The molecule has 68 valence electrons. The molecule has 0 radical (unpaired) electrons. The second kappa shape index (κ2) is 8.37. The van der Waals surface area contributed by atoms with E-state index < -0.39 is 8.60 Å². The lowest BCUT2D eigenvalue weighted by molar-refractivity contribution is 0.198. The van der Waals surface area contributed by atoms with Crippen LogP contribution in [0.3, 0.4) is 0 Å². The maximum absolute atomic E-state index is 8.29. The first kappa shape index (κ1) is 11.3. The second-order valence-corrected chi connectivity index (χ2v) is 3.13. The molecule has 1 rings (SSSR count). The topological polar surface area (TPSA) is 47.9 Å². The zero-order valence-electron chi connectivity index (χ0n) is 6.95. The van der Waals surface area contributed by atoms with E-state index in [9.17, 15) is 0 Å². The molecule has 0 saturated carbocycles. The van der Waals surface area contributed by atoms with Crippen LogP contribution in [-0.2, 0) is 13.8 Å². The van der Waals surface area contributed by atoms with Crippen molar-refractivity contribution in [2.45, 2.75) is 12.8 Å². The van der Waals surface area contributed by atoms with E-state index in [1.54, 1.807) is 0 Å². The van der Waals surface area contributed by atoms with Crippen molar-refractivity contribution in [1.29, 1.82) is 0 Å². The molecule has 1 heterocycles. The number of hydrogen-bond donors (Lipinski definition) is 1. The van der Waals surface area contributed by atoms with Crippen LogP contribution in [0.15, 0.2) is 0 Å². The van der Waals surface area contributed by atoms with Crippen LogP contribution in [-0.4, -0.2) is 32.3 Å². The Bertz CT molecular complexity index is 65.4. The molecule has 0 aromatic rings. The minimum atomic E-state index is -1.58. The molecule has 0 amide bonds. The van der Waals surface area contributed by atoms with Crippen molar-refractivity contribution >= 4 is 8.60 Å². The van der Waals surface area contributed by atoms with Gasteiger partial charge in [-0.1, -0.05) is 0 Å². The summed E-state index contributed by atoms with van der Waals surface area (Å²) in [7, 11) is 1.19. The molecule has 0 spiro atoms. The van der Waals surface area contributed by atoms with E-state index >= 15 is 0 Å². The predicted molar refractivity (Wildman–Crippen MR) is 43.2 cm³/mol. The largest absolute Gasteiger partial charge is 0.381 e. The molecule has 4 nitrogen and oxygen atoms in total. The molecule has 0 unspecified atom stereocenters. The van der Waals surface area contributed by atoms with Crippen LogP contribution in [0.4, 0.5) is 0 Å². The normalized spacial score (nSPS) is 16.4. The number of ether oxygens (including phenoxy) is 1. The second-order valence-electron chi connectivity index (χ2n) is 1.92. The van der Waals surface area contributed by atoms with Crippen molar-refractivity contribution < 1.29 is 18.7 Å². The van der Waals surface area contributed by atoms with Crippen molar-refractivity contribution in [2.24, 2.45) is 0 Å². The Morgan fingerprint density at radius 1 is 1.18 bits per heavy atom. The van der Waals surface area contributed by atoms with Gasteiger partial charge in [-0.25, -0.2) is 0 Å². The lowest BCUT2D eigenvalue weighted by Crippen LogP contribution is -1.75. The Hall–Kier alpha value is 0.270. The van der Waals surface area contributed by atoms with Gasteiger partial charge in [-0.15, -0.1) is 0 Å². The van der Waals surface area contributed by atoms with Crippen LogP contribution in [0, 0.1) is 0 Å². The maximum atomic E-state index is 8.29. The highest BCUT2D eigenvalue weighted by Gasteiger charge is 1.95. The molecular weight excluding hydrogens is 167 g/mol. The lowest BCUT2D eigenvalue weighted by atomic mass is 10.4. The summed E-state index contributed by atoms with van der Waals surface area (Å²) in [6.45, 7) is 2.00. The summed E-state index contributed by atoms with van der Waals surface area (Å²) >= 11 is 0. The highest BCUT2D eigenvalue weighted by atomic mass is 31.2. The fourth-order valence-electron chi connectivity index (χ4n) is 0.585. The minimum absolute atomic E-state index is 1.00. The first-order valence-corrected chi connectivity index (χ1v) is 4.59. The number of hydrogen-bond acceptors (Lipinski definition) is 4. The van der Waals surface area contributed by atoms with E-state index in [2.05, 4.69) is 9.05 Å². The van der Waals surface area contributed by atoms with Gasteiger partial charge in [0, 0.05) is 27.4 Å². The monoisotopic (exact) mass is 182 g/mol. The van der Waals surface area contributed by atoms with Crippen LogP contribution in [0.25, 0.3) is 0 Å². The van der Waals surface area contributed by atoms with Crippen molar-refractivity contribution in [1.82, 2.24) is 0 Å². The maximum Gasteiger partial charge on any atom is 0.329 e. The quantitative estimate of drug-likeness (QED) is 0.654. The average molecular weight is 182 g/mol. The van der Waals surface area contributed by atoms with Gasteiger partial charge in [-0.2, -0.15) is 0 Å². The molecule has 5 heteroatoms. The molecule has 0 bridgehead atoms. The van der Waals surface area contributed by atoms with Crippen LogP contribution < -0.4 is 0 Å². The highest BCUT2D eigenvalue weighted by Crippen LogP contribution is 2.28. The minimum Gasteiger partial charge on any atom is -0.381 e. The van der Waals surface area contributed by atoms with E-state index in [1.165, 1.54) is 27.1 Å². The molecular formula is C6H15O4P. The van der Waals surface area contributed by atoms with Gasteiger partial charge in [-0.3, -0.25) is 0 Å². The van der Waals surface area contributed by atoms with Gasteiger partial charge >= 0.3 is 8.60 Å². The summed E-state index contributed by atoms with van der Waals surface area (Å²) in [5.41, 5.74) is 0. The van der Waals surface area contributed by atoms with Gasteiger partial charge in [-0.05, 0) is 12.8 Å². The Kier molecular flexibility index (Phi) is 8.57. The molecule has 11 heavy (non-hydrogen) atoms. The van der Waals surface area contributed by atoms with Crippen molar-refractivity contribution in [3.8, 4) is 0 Å². The van der Waals surface area contributed by atoms with Crippen LogP contribution in [0.1, 0.15) is 12.8 Å². The van der Waals surface area contributed by atoms with Crippen molar-refractivity contribution in [2.75, 3.05) is 27.4 Å². The Morgan fingerprint density at radius 2 is 1.64 bits per heavy atom. The summed E-state index contributed by atoms with van der Waals surface area (Å²) in [5.74, 6) is 0. The van der Waals surface area contributed by atoms with Gasteiger partial charge in [0.1, 0.15) is 0 Å². The van der Waals surface area contributed by atoms with Gasteiger partial charge in [0.15, 0.2) is 0 Å². The van der Waals surface area contributed by atoms with Crippen LogP contribution in [0.5, 0.6) is 0 Å². The summed E-state index contributed by atoms with van der Waals surface area (Å²) in [6.07, 6.45) is 2.56. The highest BCUT2D eigenvalue weighted by molar-refractivity contribution is 7.40. The smallest absolute Gasteiger partial charge is 0.329 e. The van der Waals surface area contributed by atoms with Crippen LogP contribution >= 0.6 is 8.60 Å². The Balaban J connectivity index is 0.000000183. The molecule has 0 atom stereocenters. The van der Waals surface area contributed by atoms with Gasteiger partial charge < -0.3 is 18.7 Å². The molecule has 1 saturated heterocycles. The van der Waals surface area contributed by atoms with E-state index in [1.807, 2.05) is 0 Å². The van der Waals surface area contributed by atoms with Gasteiger partial charge in [0.2, 0.25) is 0 Å². The third-order valence-corrected chi connectivity index (χ3v) is 1.76. The van der Waals surface area contributed by atoms with Gasteiger partial charge in [0.25, 0.3) is 0 Å². The predicted octanol–water partition coefficient (Wildman–Crippen LogP) is 1.30. The molecule has 0 aromatic carbocycles.